The van der Waals surface area contributed by atoms with Crippen molar-refractivity contribution in [3.05, 3.63) is 93.6 Å². The average Bonchev–Trinajstić information content (AvgIpc) is 3.86. The predicted molar refractivity (Wildman–Crippen MR) is 165 cm³/mol. The Balaban J connectivity index is 1.17. The number of nitrogens with zero attached hydrogens (tertiary/aromatic N) is 2. The first kappa shape index (κ1) is 27.5. The number of ether oxygens (including phenoxy) is 6. The van der Waals surface area contributed by atoms with E-state index in [1.54, 1.807) is 14.2 Å². The Labute approximate surface area is 266 Å². The second-order valence-electron chi connectivity index (χ2n) is 13.6. The van der Waals surface area contributed by atoms with Crippen LogP contribution in [-0.2, 0) is 20.6 Å². The second kappa shape index (κ2) is 9.47. The smallest absolute Gasteiger partial charge is 0.231 e. The molecule has 2 aromatic carbocycles. The van der Waals surface area contributed by atoms with E-state index in [1.807, 2.05) is 12.1 Å². The molecule has 0 saturated carbocycles. The summed E-state index contributed by atoms with van der Waals surface area (Å²) >= 11 is 0. The minimum absolute atomic E-state index is 0.0887. The number of aliphatic hydroxyl groups excluding tert-OH is 2. The zero-order chi connectivity index (χ0) is 30.9. The molecule has 10 heteroatoms. The number of hydrogen-bond acceptors (Lipinski definition) is 10. The van der Waals surface area contributed by atoms with Crippen molar-refractivity contribution in [3.8, 4) is 23.0 Å². The monoisotopic (exact) mass is 624 g/mol. The van der Waals surface area contributed by atoms with Crippen LogP contribution in [0.4, 0.5) is 0 Å². The summed E-state index contributed by atoms with van der Waals surface area (Å²) in [6.45, 7) is 1.95. The molecule has 7 atom stereocenters. The molecule has 2 N–H and O–H groups in total. The number of fused-ring (bicyclic) bond motifs is 4. The zero-order valence-electron chi connectivity index (χ0n) is 25.8. The van der Waals surface area contributed by atoms with Gasteiger partial charge in [-0.1, -0.05) is 30.4 Å². The van der Waals surface area contributed by atoms with Crippen LogP contribution in [0.25, 0.3) is 0 Å². The van der Waals surface area contributed by atoms with Gasteiger partial charge in [-0.3, -0.25) is 9.80 Å². The first-order valence-electron chi connectivity index (χ1n) is 16.1. The number of rotatable bonds is 3. The molecule has 2 aliphatic carbocycles. The molecule has 2 aromatic rings. The first-order chi connectivity index (χ1) is 22.4. The highest BCUT2D eigenvalue weighted by molar-refractivity contribution is 5.64. The van der Waals surface area contributed by atoms with Gasteiger partial charge < -0.3 is 38.6 Å². The van der Waals surface area contributed by atoms with Gasteiger partial charge in [0.15, 0.2) is 23.0 Å². The molecule has 6 heterocycles. The molecule has 0 aromatic heterocycles. The van der Waals surface area contributed by atoms with Crippen LogP contribution in [0.15, 0.2) is 71.4 Å². The molecule has 46 heavy (non-hydrogen) atoms. The van der Waals surface area contributed by atoms with Crippen LogP contribution in [0.1, 0.15) is 47.3 Å². The van der Waals surface area contributed by atoms with E-state index in [0.717, 1.165) is 22.3 Å². The van der Waals surface area contributed by atoms with Crippen molar-refractivity contribution >= 4 is 0 Å². The Kier molecular flexibility index (Phi) is 5.65. The highest BCUT2D eigenvalue weighted by atomic mass is 16.7. The molecule has 0 saturated heterocycles. The molecular formula is C36H36N2O8. The molecule has 238 valence electrons. The average molecular weight is 625 g/mol. The minimum Gasteiger partial charge on any atom is -0.454 e. The van der Waals surface area contributed by atoms with Crippen LogP contribution < -0.4 is 18.9 Å². The van der Waals surface area contributed by atoms with Crippen molar-refractivity contribution in [1.29, 1.82) is 0 Å². The van der Waals surface area contributed by atoms with Gasteiger partial charge in [-0.25, -0.2) is 0 Å². The fourth-order valence-corrected chi connectivity index (χ4v) is 9.68. The van der Waals surface area contributed by atoms with Crippen LogP contribution in [0, 0.1) is 0 Å². The highest BCUT2D eigenvalue weighted by Crippen LogP contribution is 2.61. The Hall–Kier alpha value is -3.64. The molecule has 10 rings (SSSR count). The summed E-state index contributed by atoms with van der Waals surface area (Å²) in [6.07, 6.45) is 11.0. The third-order valence-corrected chi connectivity index (χ3v) is 11.7. The second-order valence-corrected chi connectivity index (χ2v) is 13.6. The minimum atomic E-state index is -0.706. The van der Waals surface area contributed by atoms with Crippen molar-refractivity contribution in [2.45, 2.75) is 54.4 Å². The highest BCUT2D eigenvalue weighted by Gasteiger charge is 2.60. The standard InChI is InChI=1S/C36H36N2O8/c1-41-20-4-3-19-7-28(38-16-30(40)22-8-31-33(45-17-43-31)10-26(22)35(19,38)12-20)24-14-37-15-29(39)23-9-32-34(46-18-44-32)11-27(23)36(37)13-21(42-2)5-6-25(24)36/h3-11,20-21,28-30,39-40H,12-18H2,1-2H3/t20-,21-,28-,29-,30-,35-,36-/m0/s1. The summed E-state index contributed by atoms with van der Waals surface area (Å²) in [5.74, 6) is 2.76. The van der Waals surface area contributed by atoms with Crippen LogP contribution in [-0.4, -0.2) is 85.7 Å². The lowest BCUT2D eigenvalue weighted by Gasteiger charge is -2.51. The van der Waals surface area contributed by atoms with Crippen molar-refractivity contribution in [2.75, 3.05) is 47.4 Å². The number of benzene rings is 2. The van der Waals surface area contributed by atoms with E-state index >= 15 is 0 Å². The maximum Gasteiger partial charge on any atom is 0.231 e. The molecule has 8 aliphatic rings. The third kappa shape index (κ3) is 3.36. The summed E-state index contributed by atoms with van der Waals surface area (Å²) in [7, 11) is 3.51. The van der Waals surface area contributed by atoms with E-state index in [4.69, 9.17) is 28.4 Å². The fourth-order valence-electron chi connectivity index (χ4n) is 9.68. The Bertz CT molecular complexity index is 1810. The van der Waals surface area contributed by atoms with Gasteiger partial charge in [-0.05, 0) is 63.2 Å². The molecule has 0 amide bonds. The lowest BCUT2D eigenvalue weighted by Crippen LogP contribution is -2.55. The van der Waals surface area contributed by atoms with Gasteiger partial charge in [0.05, 0.1) is 41.5 Å². The normalized spacial score (nSPS) is 36.2. The van der Waals surface area contributed by atoms with E-state index in [0.29, 0.717) is 55.5 Å². The topological polar surface area (TPSA) is 102 Å². The molecule has 10 nitrogen and oxygen atoms in total. The van der Waals surface area contributed by atoms with Gasteiger partial charge in [0.25, 0.3) is 0 Å². The Morgan fingerprint density at radius 2 is 1.30 bits per heavy atom. The predicted octanol–water partition coefficient (Wildman–Crippen LogP) is 3.50. The van der Waals surface area contributed by atoms with E-state index in [2.05, 4.69) is 52.3 Å². The van der Waals surface area contributed by atoms with E-state index in [-0.39, 0.29) is 31.8 Å². The summed E-state index contributed by atoms with van der Waals surface area (Å²) in [5.41, 5.74) is 6.50. The van der Waals surface area contributed by atoms with Crippen molar-refractivity contribution in [1.82, 2.24) is 9.80 Å². The molecule has 0 unspecified atom stereocenters. The number of aliphatic hydroxyl groups is 2. The van der Waals surface area contributed by atoms with Crippen LogP contribution in [0.2, 0.25) is 0 Å². The maximum absolute atomic E-state index is 11.7. The third-order valence-electron chi connectivity index (χ3n) is 11.7. The van der Waals surface area contributed by atoms with E-state index < -0.39 is 23.3 Å². The lowest BCUT2D eigenvalue weighted by atomic mass is 9.69. The van der Waals surface area contributed by atoms with Crippen molar-refractivity contribution in [2.24, 2.45) is 0 Å². The van der Waals surface area contributed by atoms with E-state index in [9.17, 15) is 10.2 Å². The van der Waals surface area contributed by atoms with Gasteiger partial charge in [-0.15, -0.1) is 0 Å². The first-order valence-corrected chi connectivity index (χ1v) is 16.1. The lowest BCUT2D eigenvalue weighted by molar-refractivity contribution is -0.00453. The van der Waals surface area contributed by atoms with Gasteiger partial charge in [-0.2, -0.15) is 0 Å². The summed E-state index contributed by atoms with van der Waals surface area (Å²) in [6, 6.07) is 7.98. The van der Waals surface area contributed by atoms with Gasteiger partial charge in [0.1, 0.15) is 0 Å². The SMILES string of the molecule is CO[C@H]1C=CC2=C([C@@H]3C=C4C=C[C@H](OC)C[C@@]45c4cc6c(cc4[C@@H](O)CN35)OCO6)CN3C[C@H](O)c4cc5c(cc4[C@]23C1)OCO5. The van der Waals surface area contributed by atoms with Crippen LogP contribution >= 0.6 is 0 Å². The van der Waals surface area contributed by atoms with Crippen LogP contribution in [0.3, 0.4) is 0 Å². The van der Waals surface area contributed by atoms with E-state index in [1.165, 1.54) is 16.7 Å². The molecule has 0 fully saturated rings. The largest absolute Gasteiger partial charge is 0.454 e. The Morgan fingerprint density at radius 3 is 1.96 bits per heavy atom. The quantitative estimate of drug-likeness (QED) is 0.528. The van der Waals surface area contributed by atoms with Crippen LogP contribution in [0.5, 0.6) is 23.0 Å². The number of methoxy groups -OCH3 is 2. The molecular weight excluding hydrogens is 588 g/mol. The summed E-state index contributed by atoms with van der Waals surface area (Å²) < 4.78 is 35.1. The molecule has 0 bridgehead atoms. The molecule has 0 radical (unpaired) electrons. The van der Waals surface area contributed by atoms with Gasteiger partial charge >= 0.3 is 0 Å². The number of hydrogen-bond donors (Lipinski definition) is 2. The van der Waals surface area contributed by atoms with Gasteiger partial charge in [0, 0.05) is 46.7 Å². The van der Waals surface area contributed by atoms with Gasteiger partial charge in [0.2, 0.25) is 13.6 Å². The summed E-state index contributed by atoms with van der Waals surface area (Å²) in [4.78, 5) is 4.91. The molecule has 6 aliphatic heterocycles. The Morgan fingerprint density at radius 1 is 0.739 bits per heavy atom. The van der Waals surface area contributed by atoms with Crippen molar-refractivity contribution < 1.29 is 38.6 Å². The fraction of sp³-hybridized carbons (Fsp3) is 0.444. The zero-order valence-corrected chi connectivity index (χ0v) is 25.8. The van der Waals surface area contributed by atoms with Crippen molar-refractivity contribution in [3.63, 3.8) is 0 Å². The molecule has 2 spiro atoms. The summed E-state index contributed by atoms with van der Waals surface area (Å²) in [5, 5.41) is 23.3. The maximum atomic E-state index is 11.7.